The molecule has 0 saturated carbocycles. The number of hydrogen-bond acceptors (Lipinski definition) is 7. The molecule has 0 aliphatic carbocycles. The van der Waals surface area contributed by atoms with E-state index in [4.69, 9.17) is 9.47 Å². The summed E-state index contributed by atoms with van der Waals surface area (Å²) in [4.78, 5) is 13.0. The Kier molecular flexibility index (Phi) is 6.91. The smallest absolute Gasteiger partial charge is 0.243 e. The van der Waals surface area contributed by atoms with E-state index in [-0.39, 0.29) is 10.8 Å². The molecule has 0 spiro atoms. The molecular formula is C22H27N5O5S. The molecule has 3 aromatic rings. The van der Waals surface area contributed by atoms with Crippen molar-refractivity contribution in [3.8, 4) is 5.75 Å². The van der Waals surface area contributed by atoms with E-state index in [0.717, 1.165) is 16.8 Å². The van der Waals surface area contributed by atoms with Crippen molar-refractivity contribution >= 4 is 27.0 Å². The predicted molar refractivity (Wildman–Crippen MR) is 121 cm³/mol. The first-order valence-corrected chi connectivity index (χ1v) is 12.1. The van der Waals surface area contributed by atoms with E-state index in [0.29, 0.717) is 44.6 Å². The Morgan fingerprint density at radius 3 is 2.70 bits per heavy atom. The normalized spacial score (nSPS) is 16.8. The van der Waals surface area contributed by atoms with Crippen LogP contribution in [-0.2, 0) is 32.6 Å². The van der Waals surface area contributed by atoms with Crippen LogP contribution in [0.3, 0.4) is 0 Å². The number of amides is 1. The Hall–Kier alpha value is -3.02. The lowest BCUT2D eigenvalue weighted by molar-refractivity contribution is -0.124. The minimum absolute atomic E-state index is 0.101. The summed E-state index contributed by atoms with van der Waals surface area (Å²) in [5.41, 5.74) is 2.10. The standard InChI is InChI=1S/C22H27N5O5S/c1-31-13-12-26-20-10-9-18(14-19(20)24-25-26)33(29,30)27-11-3-4-21(27)22(28)23-15-16-5-7-17(32-2)8-6-16/h5-10,14,21H,3-4,11-13,15H2,1-2H3,(H,23,28). The molecule has 0 bridgehead atoms. The average molecular weight is 474 g/mol. The van der Waals surface area contributed by atoms with Crippen LogP contribution >= 0.6 is 0 Å². The van der Waals surface area contributed by atoms with Gasteiger partial charge in [0.2, 0.25) is 15.9 Å². The van der Waals surface area contributed by atoms with E-state index in [9.17, 15) is 13.2 Å². The number of sulfonamides is 1. The third kappa shape index (κ3) is 4.85. The topological polar surface area (TPSA) is 116 Å². The van der Waals surface area contributed by atoms with Crippen molar-refractivity contribution in [3.63, 3.8) is 0 Å². The molecule has 10 nitrogen and oxygen atoms in total. The third-order valence-corrected chi connectivity index (χ3v) is 7.64. The Labute approximate surface area is 192 Å². The third-order valence-electron chi connectivity index (χ3n) is 5.73. The molecule has 1 aromatic heterocycles. The monoisotopic (exact) mass is 473 g/mol. The van der Waals surface area contributed by atoms with Crippen molar-refractivity contribution in [2.45, 2.75) is 36.9 Å². The van der Waals surface area contributed by atoms with Crippen LogP contribution in [0.2, 0.25) is 0 Å². The molecule has 2 aromatic carbocycles. The highest BCUT2D eigenvalue weighted by Gasteiger charge is 2.39. The van der Waals surface area contributed by atoms with Gasteiger partial charge >= 0.3 is 0 Å². The van der Waals surface area contributed by atoms with Gasteiger partial charge in [-0.25, -0.2) is 13.1 Å². The van der Waals surface area contributed by atoms with Gasteiger partial charge in [-0.3, -0.25) is 4.79 Å². The fourth-order valence-electron chi connectivity index (χ4n) is 3.93. The number of benzene rings is 2. The van der Waals surface area contributed by atoms with Crippen molar-refractivity contribution in [2.24, 2.45) is 0 Å². The number of carbonyl (C=O) groups is 1. The molecule has 1 unspecified atom stereocenters. The number of methoxy groups -OCH3 is 2. The molecule has 176 valence electrons. The number of carbonyl (C=O) groups excluding carboxylic acids is 1. The summed E-state index contributed by atoms with van der Waals surface area (Å²) in [5, 5.41) is 11.0. The van der Waals surface area contributed by atoms with Crippen LogP contribution in [-0.4, -0.2) is 67.0 Å². The highest BCUT2D eigenvalue weighted by Crippen LogP contribution is 2.28. The zero-order valence-corrected chi connectivity index (χ0v) is 19.4. The Morgan fingerprint density at radius 2 is 1.97 bits per heavy atom. The second-order valence-corrected chi connectivity index (χ2v) is 9.69. The second kappa shape index (κ2) is 9.86. The first-order chi connectivity index (χ1) is 15.9. The summed E-state index contributed by atoms with van der Waals surface area (Å²) in [6.45, 7) is 1.59. The van der Waals surface area contributed by atoms with E-state index < -0.39 is 16.1 Å². The van der Waals surface area contributed by atoms with Crippen LogP contribution in [0.4, 0.5) is 0 Å². The molecule has 33 heavy (non-hydrogen) atoms. The molecule has 1 fully saturated rings. The lowest BCUT2D eigenvalue weighted by Crippen LogP contribution is -2.45. The summed E-state index contributed by atoms with van der Waals surface area (Å²) in [6, 6.07) is 11.3. The van der Waals surface area contributed by atoms with Crippen molar-refractivity contribution < 1.29 is 22.7 Å². The Bertz CT molecular complexity index is 1230. The van der Waals surface area contributed by atoms with Gasteiger partial charge in [-0.05, 0) is 48.7 Å². The number of aromatic nitrogens is 3. The van der Waals surface area contributed by atoms with E-state index in [1.165, 1.54) is 16.4 Å². The van der Waals surface area contributed by atoms with Gasteiger partial charge in [-0.15, -0.1) is 5.10 Å². The predicted octanol–water partition coefficient (Wildman–Crippen LogP) is 1.56. The largest absolute Gasteiger partial charge is 0.497 e. The lowest BCUT2D eigenvalue weighted by atomic mass is 10.2. The second-order valence-electron chi connectivity index (χ2n) is 7.80. The summed E-state index contributed by atoms with van der Waals surface area (Å²) in [7, 11) is -0.679. The van der Waals surface area contributed by atoms with Gasteiger partial charge in [0.25, 0.3) is 0 Å². The molecule has 1 aliphatic heterocycles. The maximum atomic E-state index is 13.4. The van der Waals surface area contributed by atoms with Gasteiger partial charge in [0.1, 0.15) is 17.3 Å². The molecule has 1 amide bonds. The zero-order chi connectivity index (χ0) is 23.4. The van der Waals surface area contributed by atoms with Gasteiger partial charge in [-0.2, -0.15) is 4.31 Å². The maximum Gasteiger partial charge on any atom is 0.243 e. The van der Waals surface area contributed by atoms with Gasteiger partial charge in [0.05, 0.1) is 30.7 Å². The molecule has 1 N–H and O–H groups in total. The number of fused-ring (bicyclic) bond motifs is 1. The van der Waals surface area contributed by atoms with Crippen LogP contribution in [0, 0.1) is 0 Å². The quantitative estimate of drug-likeness (QED) is 0.501. The van der Waals surface area contributed by atoms with E-state index in [2.05, 4.69) is 15.6 Å². The molecule has 11 heteroatoms. The van der Waals surface area contributed by atoms with Crippen LogP contribution in [0.15, 0.2) is 47.4 Å². The van der Waals surface area contributed by atoms with E-state index >= 15 is 0 Å². The number of hydrogen-bond donors (Lipinski definition) is 1. The molecule has 1 saturated heterocycles. The first kappa shape index (κ1) is 23.1. The van der Waals surface area contributed by atoms with Crippen molar-refractivity contribution in [2.75, 3.05) is 27.4 Å². The zero-order valence-electron chi connectivity index (χ0n) is 18.6. The fraction of sp³-hybridized carbons (Fsp3) is 0.409. The SMILES string of the molecule is COCCn1nnc2cc(S(=O)(=O)N3CCCC3C(=O)NCc3ccc(OC)cc3)ccc21. The van der Waals surface area contributed by atoms with Crippen LogP contribution < -0.4 is 10.1 Å². The number of nitrogens with zero attached hydrogens (tertiary/aromatic N) is 4. The van der Waals surface area contributed by atoms with Crippen LogP contribution in [0.25, 0.3) is 11.0 Å². The highest BCUT2D eigenvalue weighted by molar-refractivity contribution is 7.89. The van der Waals surface area contributed by atoms with Crippen LogP contribution in [0.1, 0.15) is 18.4 Å². The average Bonchev–Trinajstić information content (AvgIpc) is 3.49. The Morgan fingerprint density at radius 1 is 1.18 bits per heavy atom. The van der Waals surface area contributed by atoms with E-state index in [1.807, 2.05) is 24.3 Å². The number of rotatable bonds is 9. The highest BCUT2D eigenvalue weighted by atomic mass is 32.2. The fourth-order valence-corrected chi connectivity index (χ4v) is 5.61. The maximum absolute atomic E-state index is 13.4. The Balaban J connectivity index is 1.48. The molecule has 2 heterocycles. The summed E-state index contributed by atoms with van der Waals surface area (Å²) in [6.07, 6.45) is 1.10. The molecule has 0 radical (unpaired) electrons. The summed E-state index contributed by atoms with van der Waals surface area (Å²) in [5.74, 6) is 0.423. The van der Waals surface area contributed by atoms with Crippen LogP contribution in [0.5, 0.6) is 5.75 Å². The number of ether oxygens (including phenoxy) is 2. The van der Waals surface area contributed by atoms with E-state index in [1.54, 1.807) is 25.0 Å². The minimum atomic E-state index is -3.87. The van der Waals surface area contributed by atoms with Crippen molar-refractivity contribution in [3.05, 3.63) is 48.0 Å². The molecule has 1 atom stereocenters. The number of nitrogens with one attached hydrogen (secondary N) is 1. The molecular weight excluding hydrogens is 446 g/mol. The van der Waals surface area contributed by atoms with Crippen molar-refractivity contribution in [1.29, 1.82) is 0 Å². The minimum Gasteiger partial charge on any atom is -0.497 e. The van der Waals surface area contributed by atoms with Gasteiger partial charge < -0.3 is 14.8 Å². The van der Waals surface area contributed by atoms with Crippen molar-refractivity contribution in [1.82, 2.24) is 24.6 Å². The summed E-state index contributed by atoms with van der Waals surface area (Å²) < 4.78 is 39.9. The molecule has 1 aliphatic rings. The van der Waals surface area contributed by atoms with Gasteiger partial charge in [-0.1, -0.05) is 17.3 Å². The van der Waals surface area contributed by atoms with Gasteiger partial charge in [0.15, 0.2) is 0 Å². The molecule has 4 rings (SSSR count). The lowest BCUT2D eigenvalue weighted by Gasteiger charge is -2.23. The summed E-state index contributed by atoms with van der Waals surface area (Å²) >= 11 is 0. The first-order valence-electron chi connectivity index (χ1n) is 10.7. The van der Waals surface area contributed by atoms with Gasteiger partial charge in [0, 0.05) is 20.2 Å².